The summed E-state index contributed by atoms with van der Waals surface area (Å²) >= 11 is 0. The second-order valence-corrected chi connectivity index (χ2v) is 5.84. The fraction of sp³-hybridized carbons (Fsp3) is 0.278. The van der Waals surface area contributed by atoms with E-state index in [0.717, 1.165) is 5.56 Å². The maximum absolute atomic E-state index is 9.01. The molecule has 2 aromatic carbocycles. The van der Waals surface area contributed by atoms with E-state index < -0.39 is 0 Å². The molecular formula is C18H19NO. The summed E-state index contributed by atoms with van der Waals surface area (Å²) in [6.45, 7) is 7.06. The van der Waals surface area contributed by atoms with E-state index in [1.54, 1.807) is 6.07 Å². The topological polar surface area (TPSA) is 33.0 Å². The Morgan fingerprint density at radius 2 is 1.65 bits per heavy atom. The average molecular weight is 265 g/mol. The third-order valence-electron chi connectivity index (χ3n) is 3.22. The Labute approximate surface area is 120 Å². The third kappa shape index (κ3) is 3.39. The first-order valence-electron chi connectivity index (χ1n) is 6.72. The summed E-state index contributed by atoms with van der Waals surface area (Å²) in [7, 11) is 0. The molecule has 0 bridgehead atoms. The van der Waals surface area contributed by atoms with Gasteiger partial charge in [-0.3, -0.25) is 0 Å². The van der Waals surface area contributed by atoms with Gasteiger partial charge in [-0.05, 0) is 28.7 Å². The maximum atomic E-state index is 9.01. The van der Waals surface area contributed by atoms with E-state index in [0.29, 0.717) is 17.9 Å². The van der Waals surface area contributed by atoms with E-state index in [4.69, 9.17) is 10.00 Å². The van der Waals surface area contributed by atoms with Crippen molar-refractivity contribution in [1.29, 1.82) is 5.26 Å². The number of rotatable bonds is 3. The number of hydrogen-bond donors (Lipinski definition) is 0. The minimum atomic E-state index is 0.160. The molecule has 0 fully saturated rings. The minimum absolute atomic E-state index is 0.160. The zero-order valence-electron chi connectivity index (χ0n) is 12.2. The van der Waals surface area contributed by atoms with Crippen LogP contribution >= 0.6 is 0 Å². The zero-order valence-corrected chi connectivity index (χ0v) is 12.2. The van der Waals surface area contributed by atoms with Gasteiger partial charge in [0.15, 0.2) is 0 Å². The monoisotopic (exact) mass is 265 g/mol. The molecule has 0 spiro atoms. The van der Waals surface area contributed by atoms with Crippen LogP contribution in [0.4, 0.5) is 0 Å². The number of nitrogens with zero attached hydrogens (tertiary/aromatic N) is 1. The molecule has 0 radical (unpaired) electrons. The van der Waals surface area contributed by atoms with Crippen molar-refractivity contribution >= 4 is 0 Å². The lowest BCUT2D eigenvalue weighted by molar-refractivity contribution is 0.305. The van der Waals surface area contributed by atoms with E-state index in [9.17, 15) is 0 Å². The lowest BCUT2D eigenvalue weighted by atomic mass is 9.87. The Morgan fingerprint density at radius 3 is 2.25 bits per heavy atom. The van der Waals surface area contributed by atoms with Crippen LogP contribution in [0.15, 0.2) is 48.5 Å². The molecule has 2 rings (SSSR count). The maximum Gasteiger partial charge on any atom is 0.137 e. The molecule has 102 valence electrons. The molecule has 0 aliphatic heterocycles. The van der Waals surface area contributed by atoms with Gasteiger partial charge in [0, 0.05) is 0 Å². The van der Waals surface area contributed by atoms with Gasteiger partial charge in [0.2, 0.25) is 0 Å². The van der Waals surface area contributed by atoms with E-state index in [-0.39, 0.29) is 5.41 Å². The van der Waals surface area contributed by atoms with Crippen LogP contribution < -0.4 is 4.74 Å². The summed E-state index contributed by atoms with van der Waals surface area (Å²) in [5, 5.41) is 9.01. The van der Waals surface area contributed by atoms with Gasteiger partial charge in [-0.25, -0.2) is 0 Å². The predicted octanol–water partition coefficient (Wildman–Crippen LogP) is 4.43. The molecule has 0 aliphatic rings. The molecule has 0 N–H and O–H groups in total. The molecule has 2 heteroatoms. The normalized spacial score (nSPS) is 10.9. The summed E-state index contributed by atoms with van der Waals surface area (Å²) in [5.41, 5.74) is 3.13. The number of hydrogen-bond acceptors (Lipinski definition) is 2. The molecule has 2 aromatic rings. The van der Waals surface area contributed by atoms with E-state index in [1.165, 1.54) is 5.56 Å². The minimum Gasteiger partial charge on any atom is -0.488 e. The number of para-hydroxylation sites is 1. The first-order valence-corrected chi connectivity index (χ1v) is 6.72. The Balaban J connectivity index is 2.07. The fourth-order valence-corrected chi connectivity index (χ4v) is 1.95. The smallest absolute Gasteiger partial charge is 0.137 e. The van der Waals surface area contributed by atoms with Crippen molar-refractivity contribution in [3.8, 4) is 11.8 Å². The van der Waals surface area contributed by atoms with Crippen molar-refractivity contribution < 1.29 is 4.74 Å². The SMILES string of the molecule is CC(C)(C)c1ccc(COc2ccccc2C#N)cc1. The second-order valence-electron chi connectivity index (χ2n) is 5.84. The number of nitriles is 1. The van der Waals surface area contributed by atoms with Crippen LogP contribution in [0.2, 0.25) is 0 Å². The summed E-state index contributed by atoms with van der Waals surface area (Å²) in [5.74, 6) is 0.634. The zero-order chi connectivity index (χ0) is 14.6. The largest absolute Gasteiger partial charge is 0.488 e. The van der Waals surface area contributed by atoms with Crippen molar-refractivity contribution in [3.05, 3.63) is 65.2 Å². The quantitative estimate of drug-likeness (QED) is 0.822. The summed E-state index contributed by atoms with van der Waals surface area (Å²) < 4.78 is 5.72. The fourth-order valence-electron chi connectivity index (χ4n) is 1.95. The molecular weight excluding hydrogens is 246 g/mol. The van der Waals surface area contributed by atoms with Crippen molar-refractivity contribution in [1.82, 2.24) is 0 Å². The van der Waals surface area contributed by atoms with Gasteiger partial charge in [-0.1, -0.05) is 57.2 Å². The molecule has 0 saturated heterocycles. The Bertz CT molecular complexity index is 615. The molecule has 0 aromatic heterocycles. The van der Waals surface area contributed by atoms with Crippen LogP contribution in [0.3, 0.4) is 0 Å². The second kappa shape index (κ2) is 5.79. The lowest BCUT2D eigenvalue weighted by Gasteiger charge is -2.19. The van der Waals surface area contributed by atoms with Gasteiger partial charge in [-0.15, -0.1) is 0 Å². The Hall–Kier alpha value is -2.27. The van der Waals surface area contributed by atoms with Gasteiger partial charge >= 0.3 is 0 Å². The first kappa shape index (κ1) is 14.1. The van der Waals surface area contributed by atoms with Crippen molar-refractivity contribution in [2.24, 2.45) is 0 Å². The first-order chi connectivity index (χ1) is 9.50. The molecule has 0 saturated carbocycles. The highest BCUT2D eigenvalue weighted by Gasteiger charge is 2.12. The molecule has 20 heavy (non-hydrogen) atoms. The van der Waals surface area contributed by atoms with Crippen LogP contribution in [0.25, 0.3) is 0 Å². The van der Waals surface area contributed by atoms with Crippen LogP contribution in [0, 0.1) is 11.3 Å². The van der Waals surface area contributed by atoms with Crippen LogP contribution in [0.1, 0.15) is 37.5 Å². The van der Waals surface area contributed by atoms with Crippen molar-refractivity contribution in [2.45, 2.75) is 32.8 Å². The van der Waals surface area contributed by atoms with Gasteiger partial charge in [0.25, 0.3) is 0 Å². The highest BCUT2D eigenvalue weighted by Crippen LogP contribution is 2.23. The molecule has 0 heterocycles. The van der Waals surface area contributed by atoms with E-state index >= 15 is 0 Å². The number of ether oxygens (including phenoxy) is 1. The standard InChI is InChI=1S/C18H19NO/c1-18(2,3)16-10-8-14(9-11-16)13-20-17-7-5-4-6-15(17)12-19/h4-11H,13H2,1-3H3. The Kier molecular flexibility index (Phi) is 4.10. The lowest BCUT2D eigenvalue weighted by Crippen LogP contribution is -2.10. The molecule has 0 unspecified atom stereocenters. The summed E-state index contributed by atoms with van der Waals surface area (Å²) in [6.07, 6.45) is 0. The van der Waals surface area contributed by atoms with Gasteiger partial charge < -0.3 is 4.74 Å². The van der Waals surface area contributed by atoms with Gasteiger partial charge in [-0.2, -0.15) is 5.26 Å². The molecule has 0 atom stereocenters. The third-order valence-corrected chi connectivity index (χ3v) is 3.22. The highest BCUT2D eigenvalue weighted by atomic mass is 16.5. The highest BCUT2D eigenvalue weighted by molar-refractivity contribution is 5.42. The molecule has 0 aliphatic carbocycles. The summed E-state index contributed by atoms with van der Waals surface area (Å²) in [4.78, 5) is 0. The van der Waals surface area contributed by atoms with Crippen LogP contribution in [-0.4, -0.2) is 0 Å². The molecule has 2 nitrogen and oxygen atoms in total. The van der Waals surface area contributed by atoms with Gasteiger partial charge in [0.05, 0.1) is 5.56 Å². The Morgan fingerprint density at radius 1 is 1.00 bits per heavy atom. The van der Waals surface area contributed by atoms with Crippen molar-refractivity contribution in [2.75, 3.05) is 0 Å². The molecule has 0 amide bonds. The van der Waals surface area contributed by atoms with Crippen molar-refractivity contribution in [3.63, 3.8) is 0 Å². The average Bonchev–Trinajstić information content (AvgIpc) is 2.45. The number of benzene rings is 2. The van der Waals surface area contributed by atoms with Gasteiger partial charge in [0.1, 0.15) is 18.4 Å². The summed E-state index contributed by atoms with van der Waals surface area (Å²) in [6, 6.07) is 17.9. The van der Waals surface area contributed by atoms with E-state index in [2.05, 4.69) is 51.1 Å². The predicted molar refractivity (Wildman–Crippen MR) is 80.6 cm³/mol. The van der Waals surface area contributed by atoms with Crippen LogP contribution in [0.5, 0.6) is 5.75 Å². The van der Waals surface area contributed by atoms with Crippen LogP contribution in [-0.2, 0) is 12.0 Å². The van der Waals surface area contributed by atoms with E-state index in [1.807, 2.05) is 18.2 Å².